The summed E-state index contributed by atoms with van der Waals surface area (Å²) in [4.78, 5) is 0. The van der Waals surface area contributed by atoms with E-state index in [1.807, 2.05) is 0 Å². The summed E-state index contributed by atoms with van der Waals surface area (Å²) in [6.07, 6.45) is 12.5. The molecule has 0 nitrogen and oxygen atoms in total. The first kappa shape index (κ1) is 9.07. The van der Waals surface area contributed by atoms with Gasteiger partial charge in [-0.3, -0.25) is 0 Å². The highest BCUT2D eigenvalue weighted by Crippen LogP contribution is 2.78. The summed E-state index contributed by atoms with van der Waals surface area (Å²) in [7, 11) is 0. The maximum Gasteiger partial charge on any atom is -0.0230 e. The summed E-state index contributed by atoms with van der Waals surface area (Å²) in [5, 5.41) is 0. The lowest BCUT2D eigenvalue weighted by atomic mass is 9.94. The van der Waals surface area contributed by atoms with E-state index in [-0.39, 0.29) is 0 Å². The highest BCUT2D eigenvalue weighted by atomic mass is 14.8. The number of fused-ring (bicyclic) bond motifs is 2. The van der Waals surface area contributed by atoms with Crippen LogP contribution in [0, 0.1) is 35.0 Å². The second kappa shape index (κ2) is 2.81. The predicted molar refractivity (Wildman–Crippen MR) is 62.5 cm³/mol. The van der Waals surface area contributed by atoms with Crippen molar-refractivity contribution in [2.24, 2.45) is 35.0 Å². The zero-order valence-corrected chi connectivity index (χ0v) is 10.0. The van der Waals surface area contributed by atoms with Crippen molar-refractivity contribution in [2.45, 2.75) is 58.3 Å². The fraction of sp³-hybridized carbons (Fsp3) is 1.00. The van der Waals surface area contributed by atoms with E-state index >= 15 is 0 Å². The van der Waals surface area contributed by atoms with Gasteiger partial charge in [0.2, 0.25) is 0 Å². The molecule has 0 radical (unpaired) electrons. The van der Waals surface area contributed by atoms with Crippen molar-refractivity contribution in [2.75, 3.05) is 0 Å². The van der Waals surface area contributed by atoms with Crippen molar-refractivity contribution in [3.63, 3.8) is 0 Å². The molecule has 4 rings (SSSR count). The molecule has 0 aromatic carbocycles. The van der Waals surface area contributed by atoms with Gasteiger partial charge in [0.15, 0.2) is 0 Å². The molecule has 84 valence electrons. The van der Waals surface area contributed by atoms with Crippen LogP contribution in [-0.2, 0) is 0 Å². The van der Waals surface area contributed by atoms with Gasteiger partial charge in [0.05, 0.1) is 0 Å². The Bertz CT molecular complexity index is 256. The lowest BCUT2D eigenvalue weighted by molar-refractivity contribution is 0.374. The highest BCUT2D eigenvalue weighted by molar-refractivity contribution is 5.20. The maximum atomic E-state index is 2.66. The fourth-order valence-electron chi connectivity index (χ4n) is 5.88. The summed E-state index contributed by atoms with van der Waals surface area (Å²) in [6.45, 7) is 2.66. The molecule has 15 heavy (non-hydrogen) atoms. The highest BCUT2D eigenvalue weighted by Gasteiger charge is 2.72. The number of hydrogen-bond donors (Lipinski definition) is 0. The smallest absolute Gasteiger partial charge is 0.0230 e. The van der Waals surface area contributed by atoms with Crippen LogP contribution in [0.1, 0.15) is 58.3 Å². The summed E-state index contributed by atoms with van der Waals surface area (Å²) in [6, 6.07) is 0. The molecule has 4 atom stereocenters. The van der Waals surface area contributed by atoms with E-state index in [4.69, 9.17) is 0 Å². The molecule has 0 heterocycles. The van der Waals surface area contributed by atoms with Crippen LogP contribution in [0.5, 0.6) is 0 Å². The third-order valence-electron chi connectivity index (χ3n) is 6.63. The van der Waals surface area contributed by atoms with Crippen LogP contribution < -0.4 is 0 Å². The van der Waals surface area contributed by atoms with Crippen LogP contribution >= 0.6 is 0 Å². The van der Waals surface area contributed by atoms with E-state index in [9.17, 15) is 0 Å². The van der Waals surface area contributed by atoms with Crippen molar-refractivity contribution < 1.29 is 0 Å². The molecule has 0 aromatic rings. The molecular weight excluding hydrogens is 180 g/mol. The Kier molecular flexibility index (Phi) is 1.70. The minimum atomic E-state index is 0.843. The molecule has 0 bridgehead atoms. The van der Waals surface area contributed by atoms with E-state index in [0.717, 1.165) is 5.41 Å². The minimum Gasteiger partial charge on any atom is -0.0588 e. The third-order valence-corrected chi connectivity index (χ3v) is 6.63. The Morgan fingerprint density at radius 1 is 0.733 bits per heavy atom. The molecule has 0 saturated heterocycles. The van der Waals surface area contributed by atoms with Crippen LogP contribution in [0.3, 0.4) is 0 Å². The van der Waals surface area contributed by atoms with Crippen molar-refractivity contribution >= 4 is 0 Å². The molecule has 4 fully saturated rings. The monoisotopic (exact) mass is 204 g/mol. The summed E-state index contributed by atoms with van der Waals surface area (Å²) < 4.78 is 0. The average molecular weight is 204 g/mol. The summed E-state index contributed by atoms with van der Waals surface area (Å²) in [5.74, 6) is 5.90. The Balaban J connectivity index is 1.54. The molecule has 4 unspecified atom stereocenters. The van der Waals surface area contributed by atoms with E-state index in [0.29, 0.717) is 0 Å². The third kappa shape index (κ3) is 1.04. The van der Waals surface area contributed by atoms with Gasteiger partial charge < -0.3 is 0 Å². The quantitative estimate of drug-likeness (QED) is 0.599. The lowest BCUT2D eigenvalue weighted by Gasteiger charge is -2.10. The van der Waals surface area contributed by atoms with Gasteiger partial charge in [0.25, 0.3) is 0 Å². The van der Waals surface area contributed by atoms with Gasteiger partial charge in [-0.25, -0.2) is 0 Å². The lowest BCUT2D eigenvalue weighted by Crippen LogP contribution is -2.05. The predicted octanol–water partition coefficient (Wildman–Crippen LogP) is 4.25. The largest absolute Gasteiger partial charge is 0.0588 e. The molecule has 4 aliphatic rings. The van der Waals surface area contributed by atoms with Crippen molar-refractivity contribution in [3.8, 4) is 0 Å². The van der Waals surface area contributed by atoms with Gasteiger partial charge in [-0.2, -0.15) is 0 Å². The van der Waals surface area contributed by atoms with Crippen LogP contribution in [0.4, 0.5) is 0 Å². The summed E-state index contributed by atoms with van der Waals surface area (Å²) in [5.41, 5.74) is 0.843. The molecule has 4 aliphatic carbocycles. The van der Waals surface area contributed by atoms with Crippen molar-refractivity contribution in [1.29, 1.82) is 0 Å². The Labute approximate surface area is 93.8 Å². The minimum absolute atomic E-state index is 0.843. The van der Waals surface area contributed by atoms with Crippen LogP contribution in [0.15, 0.2) is 0 Å². The second-order valence-corrected chi connectivity index (χ2v) is 7.00. The van der Waals surface area contributed by atoms with Gasteiger partial charge in [-0.15, -0.1) is 0 Å². The molecule has 0 spiro atoms. The van der Waals surface area contributed by atoms with E-state index in [1.165, 1.54) is 29.6 Å². The first-order valence-corrected chi connectivity index (χ1v) is 7.33. The van der Waals surface area contributed by atoms with Gasteiger partial charge in [-0.05, 0) is 60.7 Å². The van der Waals surface area contributed by atoms with Crippen molar-refractivity contribution in [1.82, 2.24) is 0 Å². The number of rotatable bonds is 1. The fourth-order valence-corrected chi connectivity index (χ4v) is 5.88. The number of hydrogen-bond acceptors (Lipinski definition) is 0. The standard InChI is InChI=1S/C15H24/c1-15(12-8-4-5-9-13(12)15)14-10-6-2-3-7-11(10)14/h10-14H,2-9H2,1H3. The Hall–Kier alpha value is 0. The molecular formula is C15H24. The molecule has 4 saturated carbocycles. The van der Waals surface area contributed by atoms with E-state index < -0.39 is 0 Å². The molecule has 0 amide bonds. The van der Waals surface area contributed by atoms with Gasteiger partial charge >= 0.3 is 0 Å². The molecule has 0 N–H and O–H groups in total. The molecule has 0 aromatic heterocycles. The van der Waals surface area contributed by atoms with Crippen LogP contribution in [-0.4, -0.2) is 0 Å². The first-order valence-electron chi connectivity index (χ1n) is 7.33. The van der Waals surface area contributed by atoms with Crippen molar-refractivity contribution in [3.05, 3.63) is 0 Å². The zero-order valence-electron chi connectivity index (χ0n) is 10.0. The van der Waals surface area contributed by atoms with Gasteiger partial charge in [0.1, 0.15) is 0 Å². The maximum absolute atomic E-state index is 2.66. The zero-order chi connectivity index (χ0) is 10.0. The van der Waals surface area contributed by atoms with Gasteiger partial charge in [0, 0.05) is 0 Å². The average Bonchev–Trinajstić information content (AvgIpc) is 3.14. The van der Waals surface area contributed by atoms with Gasteiger partial charge in [-0.1, -0.05) is 32.6 Å². The Morgan fingerprint density at radius 2 is 1.20 bits per heavy atom. The normalized spacial score (nSPS) is 61.8. The van der Waals surface area contributed by atoms with Crippen LogP contribution in [0.25, 0.3) is 0 Å². The summed E-state index contributed by atoms with van der Waals surface area (Å²) >= 11 is 0. The molecule has 0 heteroatoms. The molecule has 0 aliphatic heterocycles. The first-order chi connectivity index (χ1) is 7.33. The second-order valence-electron chi connectivity index (χ2n) is 7.00. The Morgan fingerprint density at radius 3 is 1.73 bits per heavy atom. The van der Waals surface area contributed by atoms with Crippen LogP contribution in [0.2, 0.25) is 0 Å². The van der Waals surface area contributed by atoms with E-state index in [2.05, 4.69) is 6.92 Å². The topological polar surface area (TPSA) is 0 Å². The SMILES string of the molecule is CC1(C2C3CCCCC32)C2CCCCC21. The van der Waals surface area contributed by atoms with E-state index in [1.54, 1.807) is 51.4 Å².